The summed E-state index contributed by atoms with van der Waals surface area (Å²) in [5, 5.41) is 2.23. The number of piperidine rings is 1. The van der Waals surface area contributed by atoms with Crippen LogP contribution in [0.25, 0.3) is 0 Å². The molecule has 0 aliphatic carbocycles. The summed E-state index contributed by atoms with van der Waals surface area (Å²) in [6, 6.07) is 19.7. The van der Waals surface area contributed by atoms with E-state index in [1.165, 1.54) is 0 Å². The van der Waals surface area contributed by atoms with E-state index in [1.807, 2.05) is 48.5 Å². The maximum absolute atomic E-state index is 12.5. The number of nitrogens with two attached hydrogens (primary N) is 1. The maximum Gasteiger partial charge on any atom is 0.319 e. The zero-order valence-corrected chi connectivity index (χ0v) is 19.5. The minimum atomic E-state index is -0.403. The number of rotatable bonds is 7. The smallest absolute Gasteiger partial charge is 0.319 e. The Morgan fingerprint density at radius 1 is 1.06 bits per heavy atom. The number of hydrogen-bond acceptors (Lipinski definition) is 3. The standard InChI is InChI=1S/C26H37N3O2/c1-6-26(7-2)19-23(28(24(27)30)22-16-12-9-13-17-22)18-25(4,5)29(26)31-20(3)21-14-10-8-11-15-21/h8-17,20,23H,6-7,18-19H2,1-5H3,(H2,27,30). The van der Waals surface area contributed by atoms with Crippen LogP contribution in [0.15, 0.2) is 60.7 Å². The molecule has 5 heteroatoms. The first-order valence-corrected chi connectivity index (χ1v) is 11.4. The van der Waals surface area contributed by atoms with E-state index < -0.39 is 6.03 Å². The van der Waals surface area contributed by atoms with Crippen LogP contribution in [0.1, 0.15) is 72.0 Å². The van der Waals surface area contributed by atoms with Gasteiger partial charge in [0.25, 0.3) is 0 Å². The Bertz CT molecular complexity index is 849. The van der Waals surface area contributed by atoms with Crippen molar-refractivity contribution < 1.29 is 9.63 Å². The fourth-order valence-corrected chi connectivity index (χ4v) is 5.21. The highest BCUT2D eigenvalue weighted by atomic mass is 16.7. The molecule has 1 aliphatic rings. The zero-order chi connectivity index (χ0) is 22.6. The molecule has 1 saturated heterocycles. The van der Waals surface area contributed by atoms with Crippen molar-refractivity contribution in [3.8, 4) is 0 Å². The summed E-state index contributed by atoms with van der Waals surface area (Å²) >= 11 is 0. The highest BCUT2D eigenvalue weighted by Crippen LogP contribution is 2.46. The van der Waals surface area contributed by atoms with Crippen molar-refractivity contribution in [1.82, 2.24) is 5.06 Å². The molecule has 1 heterocycles. The van der Waals surface area contributed by atoms with Gasteiger partial charge in [0.05, 0.1) is 0 Å². The average molecular weight is 424 g/mol. The summed E-state index contributed by atoms with van der Waals surface area (Å²) in [6.07, 6.45) is 3.37. The lowest BCUT2D eigenvalue weighted by Crippen LogP contribution is -2.67. The summed E-state index contributed by atoms with van der Waals surface area (Å²) in [6.45, 7) is 10.9. The van der Waals surface area contributed by atoms with Crippen LogP contribution in [0.3, 0.4) is 0 Å². The predicted octanol–water partition coefficient (Wildman–Crippen LogP) is 6.07. The highest BCUT2D eigenvalue weighted by molar-refractivity contribution is 5.91. The van der Waals surface area contributed by atoms with Crippen molar-refractivity contribution >= 4 is 11.7 Å². The molecule has 168 valence electrons. The number of carbonyl (C=O) groups excluding carboxylic acids is 1. The first-order valence-electron chi connectivity index (χ1n) is 11.4. The van der Waals surface area contributed by atoms with Crippen LogP contribution >= 0.6 is 0 Å². The molecule has 3 rings (SSSR count). The molecule has 2 amide bonds. The minimum absolute atomic E-state index is 0.00156. The summed E-state index contributed by atoms with van der Waals surface area (Å²) in [7, 11) is 0. The van der Waals surface area contributed by atoms with Crippen molar-refractivity contribution in [2.24, 2.45) is 5.73 Å². The number of carbonyl (C=O) groups is 1. The molecule has 2 atom stereocenters. The Kier molecular flexibility index (Phi) is 7.07. The van der Waals surface area contributed by atoms with E-state index in [1.54, 1.807) is 4.90 Å². The monoisotopic (exact) mass is 423 g/mol. The Morgan fingerprint density at radius 2 is 1.61 bits per heavy atom. The van der Waals surface area contributed by atoms with Gasteiger partial charge in [0.1, 0.15) is 6.10 Å². The lowest BCUT2D eigenvalue weighted by atomic mass is 9.73. The number of para-hydroxylation sites is 1. The van der Waals surface area contributed by atoms with Crippen LogP contribution < -0.4 is 10.6 Å². The SMILES string of the molecule is CCC1(CC)CC(N(C(N)=O)c2ccccc2)CC(C)(C)N1OC(C)c1ccccc1. The van der Waals surface area contributed by atoms with Gasteiger partial charge in [-0.25, -0.2) is 4.79 Å². The number of anilines is 1. The molecule has 0 saturated carbocycles. The molecule has 2 N–H and O–H groups in total. The van der Waals surface area contributed by atoms with E-state index >= 15 is 0 Å². The fourth-order valence-electron chi connectivity index (χ4n) is 5.21. The van der Waals surface area contributed by atoms with E-state index in [2.05, 4.69) is 51.8 Å². The summed E-state index contributed by atoms with van der Waals surface area (Å²) < 4.78 is 0. The van der Waals surface area contributed by atoms with Crippen LogP contribution in [0.2, 0.25) is 0 Å². The Labute approximate surface area is 187 Å². The molecule has 1 aliphatic heterocycles. The predicted molar refractivity (Wildman–Crippen MR) is 127 cm³/mol. The number of benzene rings is 2. The van der Waals surface area contributed by atoms with E-state index in [9.17, 15) is 4.79 Å². The largest absolute Gasteiger partial charge is 0.351 e. The van der Waals surface area contributed by atoms with Crippen molar-refractivity contribution in [2.45, 2.75) is 83.5 Å². The van der Waals surface area contributed by atoms with E-state index in [4.69, 9.17) is 10.6 Å². The molecule has 31 heavy (non-hydrogen) atoms. The quantitative estimate of drug-likeness (QED) is 0.588. The topological polar surface area (TPSA) is 58.8 Å². The Morgan fingerprint density at radius 3 is 2.13 bits per heavy atom. The average Bonchev–Trinajstić information content (AvgIpc) is 2.76. The fraction of sp³-hybridized carbons (Fsp3) is 0.500. The molecule has 2 aromatic rings. The molecule has 0 radical (unpaired) electrons. The molecule has 5 nitrogen and oxygen atoms in total. The van der Waals surface area contributed by atoms with Crippen LogP contribution in [-0.4, -0.2) is 28.2 Å². The normalized spacial score (nSPS) is 21.4. The van der Waals surface area contributed by atoms with Crippen molar-refractivity contribution in [2.75, 3.05) is 4.90 Å². The molecule has 2 unspecified atom stereocenters. The summed E-state index contributed by atoms with van der Waals surface area (Å²) in [4.78, 5) is 21.0. The van der Waals surface area contributed by atoms with Gasteiger partial charge in [-0.05, 0) is 64.2 Å². The molecule has 0 bridgehead atoms. The second-order valence-electron chi connectivity index (χ2n) is 9.30. The number of amides is 2. The van der Waals surface area contributed by atoms with Gasteiger partial charge >= 0.3 is 6.03 Å². The third kappa shape index (κ3) is 4.78. The first kappa shape index (κ1) is 23.3. The summed E-state index contributed by atoms with van der Waals surface area (Å²) in [5.74, 6) is 0. The van der Waals surface area contributed by atoms with Gasteiger partial charge in [-0.15, -0.1) is 0 Å². The second kappa shape index (κ2) is 9.41. The third-order valence-electron chi connectivity index (χ3n) is 6.82. The van der Waals surface area contributed by atoms with Crippen molar-refractivity contribution in [3.05, 3.63) is 66.2 Å². The van der Waals surface area contributed by atoms with E-state index in [0.717, 1.165) is 36.9 Å². The number of hydrogen-bond donors (Lipinski definition) is 1. The molecule has 1 fully saturated rings. The van der Waals surface area contributed by atoms with Crippen LogP contribution in [0.5, 0.6) is 0 Å². The second-order valence-corrected chi connectivity index (χ2v) is 9.30. The van der Waals surface area contributed by atoms with Crippen molar-refractivity contribution in [1.29, 1.82) is 0 Å². The highest BCUT2D eigenvalue weighted by Gasteiger charge is 2.52. The lowest BCUT2D eigenvalue weighted by molar-refractivity contribution is -0.315. The van der Waals surface area contributed by atoms with E-state index in [-0.39, 0.29) is 23.2 Å². The van der Waals surface area contributed by atoms with Gasteiger partial charge in [-0.1, -0.05) is 62.4 Å². The minimum Gasteiger partial charge on any atom is -0.351 e. The maximum atomic E-state index is 12.5. The molecule has 0 aromatic heterocycles. The number of urea groups is 1. The van der Waals surface area contributed by atoms with Crippen LogP contribution in [0.4, 0.5) is 10.5 Å². The van der Waals surface area contributed by atoms with Crippen LogP contribution in [-0.2, 0) is 4.84 Å². The zero-order valence-electron chi connectivity index (χ0n) is 19.5. The Hall–Kier alpha value is -2.37. The molecule has 0 spiro atoms. The van der Waals surface area contributed by atoms with Gasteiger partial charge in [-0.2, -0.15) is 5.06 Å². The van der Waals surface area contributed by atoms with E-state index in [0.29, 0.717) is 0 Å². The summed E-state index contributed by atoms with van der Waals surface area (Å²) in [5.41, 5.74) is 7.43. The van der Waals surface area contributed by atoms with Gasteiger partial charge in [0.2, 0.25) is 0 Å². The van der Waals surface area contributed by atoms with Gasteiger partial charge in [0.15, 0.2) is 0 Å². The van der Waals surface area contributed by atoms with Gasteiger partial charge in [0, 0.05) is 22.8 Å². The third-order valence-corrected chi connectivity index (χ3v) is 6.82. The van der Waals surface area contributed by atoms with Gasteiger partial charge < -0.3 is 5.73 Å². The lowest BCUT2D eigenvalue weighted by Gasteiger charge is -2.58. The van der Waals surface area contributed by atoms with Gasteiger partial charge in [-0.3, -0.25) is 9.74 Å². The molecular formula is C26H37N3O2. The molecule has 2 aromatic carbocycles. The number of primary amides is 1. The number of nitrogens with zero attached hydrogens (tertiary/aromatic N) is 2. The Balaban J connectivity index is 1.94. The number of hydroxylamine groups is 2. The van der Waals surface area contributed by atoms with Crippen LogP contribution in [0, 0.1) is 0 Å². The van der Waals surface area contributed by atoms with Crippen molar-refractivity contribution in [3.63, 3.8) is 0 Å². The first-order chi connectivity index (χ1) is 14.7. The molecular weight excluding hydrogens is 386 g/mol.